The first-order valence-corrected chi connectivity index (χ1v) is 5.47. The number of nitrogens with two attached hydrogens (primary N) is 1. The van der Waals surface area contributed by atoms with Crippen LogP contribution >= 0.6 is 11.3 Å². The summed E-state index contributed by atoms with van der Waals surface area (Å²) in [6.45, 7) is 0. The number of hydrogen-bond acceptors (Lipinski definition) is 4. The maximum absolute atomic E-state index is 11.5. The van der Waals surface area contributed by atoms with E-state index in [1.165, 1.54) is 0 Å². The normalized spacial score (nSPS) is 9.18. The van der Waals surface area contributed by atoms with Gasteiger partial charge in [0.2, 0.25) is 0 Å². The predicted octanol–water partition coefficient (Wildman–Crippen LogP) is 0.632. The molecule has 0 saturated carbocycles. The van der Waals surface area contributed by atoms with Gasteiger partial charge in [-0.2, -0.15) is 0 Å². The molecule has 1 aromatic rings. The molecular formula is C11H9NO4S. The van der Waals surface area contributed by atoms with Crippen LogP contribution in [0.15, 0.2) is 12.1 Å². The number of ketones is 1. The number of hydrogen-bond donors (Lipinski definition) is 2. The Labute approximate surface area is 101 Å². The van der Waals surface area contributed by atoms with Gasteiger partial charge >= 0.3 is 5.97 Å². The summed E-state index contributed by atoms with van der Waals surface area (Å²) in [5, 5.41) is 8.44. The van der Waals surface area contributed by atoms with E-state index in [9.17, 15) is 14.4 Å². The van der Waals surface area contributed by atoms with Gasteiger partial charge in [0.25, 0.3) is 5.91 Å². The van der Waals surface area contributed by atoms with E-state index in [0.717, 1.165) is 11.3 Å². The molecule has 0 unspecified atom stereocenters. The minimum absolute atomic E-state index is 0.0431. The lowest BCUT2D eigenvalue weighted by Gasteiger charge is -1.93. The topological polar surface area (TPSA) is 97.5 Å². The monoisotopic (exact) mass is 251 g/mol. The molecule has 1 amide bonds. The van der Waals surface area contributed by atoms with Crippen LogP contribution in [0, 0.1) is 11.8 Å². The Morgan fingerprint density at radius 1 is 1.29 bits per heavy atom. The zero-order valence-electron chi connectivity index (χ0n) is 8.73. The van der Waals surface area contributed by atoms with Gasteiger partial charge in [0.05, 0.1) is 16.2 Å². The molecule has 0 saturated heterocycles. The first-order chi connectivity index (χ1) is 7.99. The molecule has 1 heterocycles. The molecule has 1 aromatic heterocycles. The molecule has 0 aliphatic heterocycles. The Balaban J connectivity index is 2.68. The second-order valence-corrected chi connectivity index (χ2v) is 4.18. The average Bonchev–Trinajstić information content (AvgIpc) is 2.71. The summed E-state index contributed by atoms with van der Waals surface area (Å²) < 4.78 is 0. The summed E-state index contributed by atoms with van der Waals surface area (Å²) >= 11 is 1.11. The van der Waals surface area contributed by atoms with E-state index in [-0.39, 0.29) is 18.6 Å². The highest BCUT2D eigenvalue weighted by Crippen LogP contribution is 2.17. The minimum atomic E-state index is -1.01. The van der Waals surface area contributed by atoms with Crippen LogP contribution in [0.25, 0.3) is 0 Å². The van der Waals surface area contributed by atoms with E-state index < -0.39 is 11.9 Å². The zero-order chi connectivity index (χ0) is 12.8. The summed E-state index contributed by atoms with van der Waals surface area (Å²) in [4.78, 5) is 33.2. The van der Waals surface area contributed by atoms with E-state index in [4.69, 9.17) is 10.8 Å². The number of thiophene rings is 1. The smallest absolute Gasteiger partial charge is 0.303 e. The number of rotatable bonds is 4. The summed E-state index contributed by atoms with van der Waals surface area (Å²) in [6.07, 6.45) is -0.239. The van der Waals surface area contributed by atoms with Crippen LogP contribution in [0.4, 0.5) is 0 Å². The van der Waals surface area contributed by atoms with Crippen LogP contribution in [0.2, 0.25) is 0 Å². The fraction of sp³-hybridized carbons (Fsp3) is 0.182. The maximum atomic E-state index is 11.5. The van der Waals surface area contributed by atoms with E-state index >= 15 is 0 Å². The highest BCUT2D eigenvalue weighted by atomic mass is 32.1. The van der Waals surface area contributed by atoms with Crippen molar-refractivity contribution in [1.82, 2.24) is 0 Å². The van der Waals surface area contributed by atoms with Crippen LogP contribution in [0.1, 0.15) is 27.4 Å². The van der Waals surface area contributed by atoms with Gasteiger partial charge in [-0.15, -0.1) is 11.3 Å². The summed E-state index contributed by atoms with van der Waals surface area (Å²) in [7, 11) is 0. The molecule has 0 spiro atoms. The summed E-state index contributed by atoms with van der Waals surface area (Å²) in [5.74, 6) is 2.67. The fourth-order valence-corrected chi connectivity index (χ4v) is 1.85. The Hall–Kier alpha value is -2.13. The molecule has 6 heteroatoms. The van der Waals surface area contributed by atoms with E-state index in [0.29, 0.717) is 9.75 Å². The molecule has 5 nitrogen and oxygen atoms in total. The number of amides is 1. The predicted molar refractivity (Wildman–Crippen MR) is 61.6 cm³/mol. The molecule has 88 valence electrons. The lowest BCUT2D eigenvalue weighted by molar-refractivity contribution is -0.137. The van der Waals surface area contributed by atoms with Gasteiger partial charge in [-0.25, -0.2) is 0 Å². The van der Waals surface area contributed by atoms with Crippen LogP contribution in [0.3, 0.4) is 0 Å². The SMILES string of the molecule is NC(=O)C#Cc1ccc(C(=O)CCC(=O)O)s1. The average molecular weight is 251 g/mol. The van der Waals surface area contributed by atoms with Crippen LogP contribution in [-0.2, 0) is 9.59 Å². The molecule has 0 aliphatic carbocycles. The number of carbonyl (C=O) groups excluding carboxylic acids is 2. The van der Waals surface area contributed by atoms with Crippen LogP contribution < -0.4 is 5.73 Å². The van der Waals surface area contributed by atoms with Gasteiger partial charge in [0.15, 0.2) is 5.78 Å². The standard InChI is InChI=1S/C11H9NO4S/c12-10(14)5-2-7-1-4-9(17-7)8(13)3-6-11(15)16/h1,4H,3,6H2,(H2,12,14)(H,15,16). The molecule has 3 N–H and O–H groups in total. The first-order valence-electron chi connectivity index (χ1n) is 4.65. The third kappa shape index (κ3) is 4.49. The van der Waals surface area contributed by atoms with Crippen molar-refractivity contribution in [2.75, 3.05) is 0 Å². The van der Waals surface area contributed by atoms with Crippen molar-refractivity contribution in [2.24, 2.45) is 5.73 Å². The highest BCUT2D eigenvalue weighted by Gasteiger charge is 2.10. The molecule has 0 radical (unpaired) electrons. The Bertz CT molecular complexity index is 521. The van der Waals surface area contributed by atoms with Crippen molar-refractivity contribution >= 4 is 29.0 Å². The molecule has 0 aromatic carbocycles. The van der Waals surface area contributed by atoms with Crippen molar-refractivity contribution in [3.8, 4) is 11.8 Å². The van der Waals surface area contributed by atoms with Gasteiger partial charge in [0.1, 0.15) is 0 Å². The molecule has 0 fully saturated rings. The third-order valence-electron chi connectivity index (χ3n) is 1.76. The van der Waals surface area contributed by atoms with Crippen molar-refractivity contribution < 1.29 is 19.5 Å². The Morgan fingerprint density at radius 3 is 2.59 bits per heavy atom. The van der Waals surface area contributed by atoms with Crippen molar-refractivity contribution in [1.29, 1.82) is 0 Å². The van der Waals surface area contributed by atoms with Gasteiger partial charge in [-0.1, -0.05) is 0 Å². The second kappa shape index (κ2) is 5.82. The molecule has 0 aliphatic rings. The lowest BCUT2D eigenvalue weighted by Crippen LogP contribution is -2.05. The van der Waals surface area contributed by atoms with Crippen molar-refractivity contribution in [3.63, 3.8) is 0 Å². The molecule has 0 bridgehead atoms. The van der Waals surface area contributed by atoms with E-state index in [1.54, 1.807) is 12.1 Å². The van der Waals surface area contributed by atoms with Crippen molar-refractivity contribution in [2.45, 2.75) is 12.8 Å². The lowest BCUT2D eigenvalue weighted by atomic mass is 10.2. The summed E-state index contributed by atoms with van der Waals surface area (Å²) in [5.41, 5.74) is 4.85. The van der Waals surface area contributed by atoms with Gasteiger partial charge in [-0.05, 0) is 18.1 Å². The zero-order valence-corrected chi connectivity index (χ0v) is 9.54. The number of carboxylic acid groups (broad SMARTS) is 1. The first kappa shape index (κ1) is 12.9. The van der Waals surface area contributed by atoms with Gasteiger partial charge < -0.3 is 10.8 Å². The minimum Gasteiger partial charge on any atom is -0.481 e. The third-order valence-corrected chi connectivity index (χ3v) is 2.80. The van der Waals surface area contributed by atoms with E-state index in [2.05, 4.69) is 11.8 Å². The quantitative estimate of drug-likeness (QED) is 0.605. The van der Waals surface area contributed by atoms with Crippen LogP contribution in [0.5, 0.6) is 0 Å². The maximum Gasteiger partial charge on any atom is 0.303 e. The Kier molecular flexibility index (Phi) is 4.43. The number of carbonyl (C=O) groups is 3. The number of aliphatic carboxylic acids is 1. The largest absolute Gasteiger partial charge is 0.481 e. The molecule has 0 atom stereocenters. The molecular weight excluding hydrogens is 242 g/mol. The fourth-order valence-electron chi connectivity index (χ4n) is 1.02. The number of primary amides is 1. The molecule has 17 heavy (non-hydrogen) atoms. The van der Waals surface area contributed by atoms with Crippen LogP contribution in [-0.4, -0.2) is 22.8 Å². The summed E-state index contributed by atoms with van der Waals surface area (Å²) in [6, 6.07) is 3.15. The second-order valence-electron chi connectivity index (χ2n) is 3.10. The van der Waals surface area contributed by atoms with Gasteiger partial charge in [-0.3, -0.25) is 14.4 Å². The van der Waals surface area contributed by atoms with Crippen molar-refractivity contribution in [3.05, 3.63) is 21.9 Å². The molecule has 1 rings (SSSR count). The highest BCUT2D eigenvalue weighted by molar-refractivity contribution is 7.14. The Morgan fingerprint density at radius 2 is 2.00 bits per heavy atom. The number of Topliss-reactive ketones (excluding diaryl/α,β-unsaturated/α-hetero) is 1. The van der Waals surface area contributed by atoms with E-state index in [1.807, 2.05) is 0 Å². The number of carboxylic acids is 1. The van der Waals surface area contributed by atoms with Gasteiger partial charge in [0, 0.05) is 12.3 Å².